The molecule has 1 atom stereocenters. The van der Waals surface area contributed by atoms with Crippen molar-refractivity contribution in [2.45, 2.75) is 18.9 Å². The number of nitrogens with one attached hydrogen (secondary N) is 1. The Kier molecular flexibility index (Phi) is 5.51. The molecule has 0 radical (unpaired) electrons. The minimum absolute atomic E-state index is 0.0869. The molecule has 5 nitrogen and oxygen atoms in total. The summed E-state index contributed by atoms with van der Waals surface area (Å²) in [6, 6.07) is 13.2. The Morgan fingerprint density at radius 2 is 2.04 bits per heavy atom. The van der Waals surface area contributed by atoms with Crippen molar-refractivity contribution in [1.29, 1.82) is 0 Å². The first-order valence-corrected chi connectivity index (χ1v) is 8.55. The first kappa shape index (κ1) is 17.9. The van der Waals surface area contributed by atoms with Crippen LogP contribution in [0.4, 0.5) is 4.39 Å². The average molecular weight is 356 g/mol. The third kappa shape index (κ3) is 4.02. The summed E-state index contributed by atoms with van der Waals surface area (Å²) < 4.78 is 18.8. The van der Waals surface area contributed by atoms with Crippen molar-refractivity contribution < 1.29 is 18.7 Å². The largest absolute Gasteiger partial charge is 0.494 e. The molecule has 1 aliphatic heterocycles. The summed E-state index contributed by atoms with van der Waals surface area (Å²) in [5.41, 5.74) is 1.10. The van der Waals surface area contributed by atoms with Crippen molar-refractivity contribution in [3.63, 3.8) is 0 Å². The molecule has 2 amide bonds. The molecule has 136 valence electrons. The van der Waals surface area contributed by atoms with Gasteiger partial charge in [-0.3, -0.25) is 9.59 Å². The molecule has 2 aromatic rings. The van der Waals surface area contributed by atoms with Gasteiger partial charge in [0, 0.05) is 25.1 Å². The van der Waals surface area contributed by atoms with Crippen molar-refractivity contribution in [3.05, 3.63) is 65.5 Å². The minimum atomic E-state index is -0.592. The molecule has 0 aromatic heterocycles. The molecule has 0 spiro atoms. The second-order valence-corrected chi connectivity index (χ2v) is 6.23. The molecule has 1 fully saturated rings. The van der Waals surface area contributed by atoms with Gasteiger partial charge in [-0.05, 0) is 30.2 Å². The van der Waals surface area contributed by atoms with E-state index in [1.54, 1.807) is 4.90 Å². The zero-order valence-electron chi connectivity index (χ0n) is 14.6. The van der Waals surface area contributed by atoms with Crippen LogP contribution >= 0.6 is 0 Å². The molecule has 2 aromatic carbocycles. The highest BCUT2D eigenvalue weighted by molar-refractivity contribution is 5.94. The number of likely N-dealkylation sites (tertiary alicyclic amines) is 1. The summed E-state index contributed by atoms with van der Waals surface area (Å²) >= 11 is 0. The van der Waals surface area contributed by atoms with E-state index >= 15 is 0 Å². The molecule has 1 unspecified atom stereocenters. The molecule has 26 heavy (non-hydrogen) atoms. The van der Waals surface area contributed by atoms with Gasteiger partial charge < -0.3 is 15.0 Å². The highest BCUT2D eigenvalue weighted by Gasteiger charge is 2.25. The number of rotatable bonds is 6. The van der Waals surface area contributed by atoms with Crippen LogP contribution < -0.4 is 10.1 Å². The SMILES string of the molecule is COc1ccc(C(=O)NC(CN2CCCC2=O)c2ccccc2)cc1F. The lowest BCUT2D eigenvalue weighted by Crippen LogP contribution is -2.38. The lowest BCUT2D eigenvalue weighted by molar-refractivity contribution is -0.128. The maximum absolute atomic E-state index is 13.9. The van der Waals surface area contributed by atoms with Gasteiger partial charge in [-0.2, -0.15) is 0 Å². The normalized spacial score (nSPS) is 15.0. The van der Waals surface area contributed by atoms with Crippen LogP contribution in [0.1, 0.15) is 34.8 Å². The van der Waals surface area contributed by atoms with Gasteiger partial charge in [-0.1, -0.05) is 30.3 Å². The number of benzene rings is 2. The fraction of sp³-hybridized carbons (Fsp3) is 0.300. The Balaban J connectivity index is 1.79. The van der Waals surface area contributed by atoms with Crippen LogP contribution in [0, 0.1) is 5.82 Å². The number of methoxy groups -OCH3 is 1. The first-order chi connectivity index (χ1) is 12.6. The molecule has 1 saturated heterocycles. The van der Waals surface area contributed by atoms with Gasteiger partial charge >= 0.3 is 0 Å². The van der Waals surface area contributed by atoms with E-state index in [4.69, 9.17) is 4.74 Å². The monoisotopic (exact) mass is 356 g/mol. The van der Waals surface area contributed by atoms with Crippen LogP contribution in [0.15, 0.2) is 48.5 Å². The zero-order chi connectivity index (χ0) is 18.5. The van der Waals surface area contributed by atoms with Crippen molar-refractivity contribution in [1.82, 2.24) is 10.2 Å². The second-order valence-electron chi connectivity index (χ2n) is 6.23. The zero-order valence-corrected chi connectivity index (χ0v) is 14.6. The number of halogens is 1. The Morgan fingerprint density at radius 1 is 1.27 bits per heavy atom. The van der Waals surface area contributed by atoms with Gasteiger partial charge in [0.25, 0.3) is 5.91 Å². The standard InChI is InChI=1S/C20H21FN2O3/c1-26-18-10-9-15(12-16(18)21)20(25)22-17(14-6-3-2-4-7-14)13-23-11-5-8-19(23)24/h2-4,6-7,9-10,12,17H,5,8,11,13H2,1H3,(H,22,25). The Bertz CT molecular complexity index is 795. The van der Waals surface area contributed by atoms with Crippen LogP contribution in [0.2, 0.25) is 0 Å². The Labute approximate surface area is 151 Å². The lowest BCUT2D eigenvalue weighted by atomic mass is 10.1. The van der Waals surface area contributed by atoms with Crippen molar-refractivity contribution in [2.75, 3.05) is 20.2 Å². The van der Waals surface area contributed by atoms with Crippen LogP contribution in [-0.2, 0) is 4.79 Å². The molecule has 1 aliphatic rings. The number of amides is 2. The summed E-state index contributed by atoms with van der Waals surface area (Å²) in [7, 11) is 1.37. The van der Waals surface area contributed by atoms with Crippen molar-refractivity contribution in [3.8, 4) is 5.75 Å². The fourth-order valence-electron chi connectivity index (χ4n) is 3.09. The van der Waals surface area contributed by atoms with E-state index in [2.05, 4.69) is 5.32 Å². The second kappa shape index (κ2) is 7.99. The highest BCUT2D eigenvalue weighted by atomic mass is 19.1. The summed E-state index contributed by atoms with van der Waals surface area (Å²) in [6.45, 7) is 1.09. The Hall–Kier alpha value is -2.89. The predicted octanol–water partition coefficient (Wildman–Crippen LogP) is 2.93. The number of carbonyl (C=O) groups excluding carboxylic acids is 2. The van der Waals surface area contributed by atoms with Gasteiger partial charge in [-0.25, -0.2) is 4.39 Å². The quantitative estimate of drug-likeness (QED) is 0.866. The molecule has 1 heterocycles. The van der Waals surface area contributed by atoms with Crippen LogP contribution in [0.3, 0.4) is 0 Å². The van der Waals surface area contributed by atoms with Gasteiger partial charge in [0.05, 0.1) is 13.2 Å². The molecule has 3 rings (SSSR count). The Morgan fingerprint density at radius 3 is 2.65 bits per heavy atom. The molecule has 0 aliphatic carbocycles. The molecule has 6 heteroatoms. The molecular formula is C20H21FN2O3. The van der Waals surface area contributed by atoms with E-state index in [1.165, 1.54) is 19.2 Å². The van der Waals surface area contributed by atoms with Gasteiger partial charge in [0.1, 0.15) is 0 Å². The third-order valence-electron chi connectivity index (χ3n) is 4.50. The topological polar surface area (TPSA) is 58.6 Å². The minimum Gasteiger partial charge on any atom is -0.494 e. The highest BCUT2D eigenvalue weighted by Crippen LogP contribution is 2.21. The van der Waals surface area contributed by atoms with Crippen molar-refractivity contribution in [2.24, 2.45) is 0 Å². The summed E-state index contributed by atoms with van der Waals surface area (Å²) in [5, 5.41) is 2.92. The summed E-state index contributed by atoms with van der Waals surface area (Å²) in [5.74, 6) is -0.808. The maximum atomic E-state index is 13.9. The average Bonchev–Trinajstić information content (AvgIpc) is 3.06. The molecule has 0 bridgehead atoms. The van der Waals surface area contributed by atoms with Crippen LogP contribution in [-0.4, -0.2) is 36.9 Å². The predicted molar refractivity (Wildman–Crippen MR) is 95.4 cm³/mol. The number of nitrogens with zero attached hydrogens (tertiary/aromatic N) is 1. The molecule has 1 N–H and O–H groups in total. The first-order valence-electron chi connectivity index (χ1n) is 8.55. The number of ether oxygens (including phenoxy) is 1. The number of carbonyl (C=O) groups is 2. The van der Waals surface area contributed by atoms with E-state index in [0.29, 0.717) is 19.5 Å². The van der Waals surface area contributed by atoms with E-state index in [1.807, 2.05) is 30.3 Å². The van der Waals surface area contributed by atoms with Gasteiger partial charge in [0.15, 0.2) is 11.6 Å². The number of hydrogen-bond acceptors (Lipinski definition) is 3. The summed E-state index contributed by atoms with van der Waals surface area (Å²) in [6.07, 6.45) is 1.37. The van der Waals surface area contributed by atoms with Gasteiger partial charge in [0.2, 0.25) is 5.91 Å². The fourth-order valence-corrected chi connectivity index (χ4v) is 3.09. The number of hydrogen-bond donors (Lipinski definition) is 1. The van der Waals surface area contributed by atoms with Crippen molar-refractivity contribution >= 4 is 11.8 Å². The van der Waals surface area contributed by atoms with Gasteiger partial charge in [-0.15, -0.1) is 0 Å². The lowest BCUT2D eigenvalue weighted by Gasteiger charge is -2.25. The molecular weight excluding hydrogens is 335 g/mol. The van der Waals surface area contributed by atoms with Crippen LogP contribution in [0.5, 0.6) is 5.75 Å². The maximum Gasteiger partial charge on any atom is 0.251 e. The molecule has 0 saturated carbocycles. The van der Waals surface area contributed by atoms with E-state index in [-0.39, 0.29) is 23.3 Å². The summed E-state index contributed by atoms with van der Waals surface area (Å²) in [4.78, 5) is 26.3. The third-order valence-corrected chi connectivity index (χ3v) is 4.50. The van der Waals surface area contributed by atoms with Crippen LogP contribution in [0.25, 0.3) is 0 Å². The van der Waals surface area contributed by atoms with E-state index in [9.17, 15) is 14.0 Å². The smallest absolute Gasteiger partial charge is 0.251 e. The van der Waals surface area contributed by atoms with E-state index in [0.717, 1.165) is 18.1 Å². The van der Waals surface area contributed by atoms with E-state index < -0.39 is 11.7 Å².